The van der Waals surface area contributed by atoms with Gasteiger partial charge in [0.2, 0.25) is 0 Å². The maximum atomic E-state index is 5.83. The monoisotopic (exact) mass is 289 g/mol. The van der Waals surface area contributed by atoms with Crippen molar-refractivity contribution in [2.45, 2.75) is 50.7 Å². The minimum Gasteiger partial charge on any atom is -0.381 e. The molecule has 0 radical (unpaired) electrons. The second-order valence-electron chi connectivity index (χ2n) is 6.65. The van der Waals surface area contributed by atoms with Crippen LogP contribution in [0.15, 0.2) is 18.2 Å². The molecule has 2 atom stereocenters. The molecule has 3 nitrogen and oxygen atoms in total. The van der Waals surface area contributed by atoms with Gasteiger partial charge in [-0.1, -0.05) is 25.1 Å². The smallest absolute Gasteiger partial charge is 0.0846 e. The fourth-order valence-corrected chi connectivity index (χ4v) is 3.98. The summed E-state index contributed by atoms with van der Waals surface area (Å²) in [5, 5.41) is 3.78. The third-order valence-electron chi connectivity index (χ3n) is 5.32. The molecule has 2 aliphatic rings. The number of rotatable bonds is 4. The molecule has 0 amide bonds. The highest BCUT2D eigenvalue weighted by atomic mass is 16.5. The Bertz CT molecular complexity index is 494. The zero-order valence-electron chi connectivity index (χ0n) is 13.4. The van der Waals surface area contributed by atoms with Crippen LogP contribution in [0.4, 0.5) is 0 Å². The molecule has 3 rings (SSSR count). The molecule has 1 heterocycles. The van der Waals surface area contributed by atoms with Crippen LogP contribution >= 0.6 is 0 Å². The van der Waals surface area contributed by atoms with Crippen molar-refractivity contribution < 1.29 is 9.47 Å². The minimum absolute atomic E-state index is 0.0476. The Hall–Kier alpha value is -0.900. The van der Waals surface area contributed by atoms with Crippen LogP contribution in [0.1, 0.15) is 54.8 Å². The van der Waals surface area contributed by atoms with Crippen molar-refractivity contribution >= 4 is 0 Å². The maximum absolute atomic E-state index is 5.83. The zero-order chi connectivity index (χ0) is 14.9. The van der Waals surface area contributed by atoms with Crippen molar-refractivity contribution in [3.63, 3.8) is 0 Å². The molecule has 116 valence electrons. The van der Waals surface area contributed by atoms with Gasteiger partial charge in [-0.2, -0.15) is 0 Å². The molecule has 0 saturated carbocycles. The largest absolute Gasteiger partial charge is 0.381 e. The van der Waals surface area contributed by atoms with E-state index in [1.165, 1.54) is 17.5 Å². The molecule has 0 unspecified atom stereocenters. The van der Waals surface area contributed by atoms with Gasteiger partial charge in [0.25, 0.3) is 0 Å². The Labute approximate surface area is 128 Å². The lowest BCUT2D eigenvalue weighted by molar-refractivity contribution is -0.0887. The van der Waals surface area contributed by atoms with E-state index in [2.05, 4.69) is 37.4 Å². The first-order valence-corrected chi connectivity index (χ1v) is 8.11. The first-order valence-electron chi connectivity index (χ1n) is 8.11. The lowest BCUT2D eigenvalue weighted by Crippen LogP contribution is -2.47. The van der Waals surface area contributed by atoms with E-state index in [0.29, 0.717) is 12.0 Å². The number of methoxy groups -OCH3 is 1. The van der Waals surface area contributed by atoms with E-state index in [4.69, 9.17) is 9.47 Å². The molecular weight excluding hydrogens is 262 g/mol. The number of ether oxygens (including phenoxy) is 2. The van der Waals surface area contributed by atoms with Crippen molar-refractivity contribution in [1.82, 2.24) is 5.32 Å². The summed E-state index contributed by atoms with van der Waals surface area (Å²) in [4.78, 5) is 0. The fraction of sp³-hybridized carbons (Fsp3) is 0.667. The van der Waals surface area contributed by atoms with E-state index in [1.807, 2.05) is 7.11 Å². The van der Waals surface area contributed by atoms with Gasteiger partial charge >= 0.3 is 0 Å². The lowest BCUT2D eigenvalue weighted by Gasteiger charge is -2.37. The predicted octanol–water partition coefficient (Wildman–Crippen LogP) is 3.33. The van der Waals surface area contributed by atoms with Crippen LogP contribution < -0.4 is 5.32 Å². The molecule has 1 aliphatic heterocycles. The lowest BCUT2D eigenvalue weighted by atomic mass is 9.93. The van der Waals surface area contributed by atoms with Gasteiger partial charge in [0.15, 0.2) is 0 Å². The van der Waals surface area contributed by atoms with E-state index >= 15 is 0 Å². The van der Waals surface area contributed by atoms with Gasteiger partial charge in [0, 0.05) is 45.8 Å². The summed E-state index contributed by atoms with van der Waals surface area (Å²) in [6.07, 6.45) is 3.16. The summed E-state index contributed by atoms with van der Waals surface area (Å²) in [6.45, 7) is 7.11. The number of hydrogen-bond acceptors (Lipinski definition) is 3. The second-order valence-corrected chi connectivity index (χ2v) is 6.65. The SMILES string of the molecule is COC1(CN[C@H]2C[C@@H](C)c3c(C)cccc32)CCOCC1. The van der Waals surface area contributed by atoms with Gasteiger partial charge in [-0.25, -0.2) is 0 Å². The van der Waals surface area contributed by atoms with Crippen molar-refractivity contribution in [1.29, 1.82) is 0 Å². The van der Waals surface area contributed by atoms with Gasteiger partial charge in [-0.3, -0.25) is 0 Å². The van der Waals surface area contributed by atoms with Crippen LogP contribution in [0.3, 0.4) is 0 Å². The van der Waals surface area contributed by atoms with Gasteiger partial charge in [-0.15, -0.1) is 0 Å². The summed E-state index contributed by atoms with van der Waals surface area (Å²) in [7, 11) is 1.84. The summed E-state index contributed by atoms with van der Waals surface area (Å²) in [6, 6.07) is 7.16. The summed E-state index contributed by atoms with van der Waals surface area (Å²) in [5.41, 5.74) is 4.42. The van der Waals surface area contributed by atoms with E-state index in [9.17, 15) is 0 Å². The second kappa shape index (κ2) is 6.07. The van der Waals surface area contributed by atoms with Gasteiger partial charge in [0.1, 0.15) is 0 Å². The van der Waals surface area contributed by atoms with E-state index < -0.39 is 0 Å². The van der Waals surface area contributed by atoms with Crippen LogP contribution in [0, 0.1) is 6.92 Å². The van der Waals surface area contributed by atoms with Gasteiger partial charge in [0.05, 0.1) is 5.60 Å². The molecule has 1 fully saturated rings. The highest BCUT2D eigenvalue weighted by molar-refractivity contribution is 5.43. The Kier molecular flexibility index (Phi) is 4.34. The van der Waals surface area contributed by atoms with Crippen molar-refractivity contribution in [3.05, 3.63) is 34.9 Å². The number of nitrogens with one attached hydrogen (secondary N) is 1. The maximum Gasteiger partial charge on any atom is 0.0846 e. The van der Waals surface area contributed by atoms with Crippen LogP contribution in [0.2, 0.25) is 0 Å². The van der Waals surface area contributed by atoms with E-state index in [0.717, 1.165) is 32.6 Å². The third-order valence-corrected chi connectivity index (χ3v) is 5.32. The Morgan fingerprint density at radius 3 is 2.81 bits per heavy atom. The van der Waals surface area contributed by atoms with Crippen LogP contribution in [-0.2, 0) is 9.47 Å². The molecule has 21 heavy (non-hydrogen) atoms. The Morgan fingerprint density at radius 1 is 1.33 bits per heavy atom. The van der Waals surface area contributed by atoms with Crippen LogP contribution in [-0.4, -0.2) is 32.5 Å². The average Bonchev–Trinajstić information content (AvgIpc) is 2.84. The van der Waals surface area contributed by atoms with Gasteiger partial charge < -0.3 is 14.8 Å². The van der Waals surface area contributed by atoms with Crippen molar-refractivity contribution in [2.24, 2.45) is 0 Å². The minimum atomic E-state index is -0.0476. The molecule has 3 heteroatoms. The number of hydrogen-bond donors (Lipinski definition) is 1. The van der Waals surface area contributed by atoms with Crippen molar-refractivity contribution in [3.8, 4) is 0 Å². The molecule has 1 saturated heterocycles. The third kappa shape index (κ3) is 2.87. The number of aryl methyl sites for hydroxylation is 1. The number of benzene rings is 1. The first kappa shape index (κ1) is 15.0. The van der Waals surface area contributed by atoms with Gasteiger partial charge in [-0.05, 0) is 36.0 Å². The van der Waals surface area contributed by atoms with Crippen LogP contribution in [0.25, 0.3) is 0 Å². The molecule has 1 N–H and O–H groups in total. The van der Waals surface area contributed by atoms with E-state index in [-0.39, 0.29) is 5.60 Å². The molecule has 0 spiro atoms. The summed E-state index contributed by atoms with van der Waals surface area (Å²) < 4.78 is 11.3. The quantitative estimate of drug-likeness (QED) is 0.922. The fourth-order valence-electron chi connectivity index (χ4n) is 3.98. The molecule has 1 aliphatic carbocycles. The first-order chi connectivity index (χ1) is 10.2. The molecule has 0 aromatic heterocycles. The summed E-state index contributed by atoms with van der Waals surface area (Å²) >= 11 is 0. The Balaban J connectivity index is 1.71. The highest BCUT2D eigenvalue weighted by Crippen LogP contribution is 2.41. The zero-order valence-corrected chi connectivity index (χ0v) is 13.4. The average molecular weight is 289 g/mol. The summed E-state index contributed by atoms with van der Waals surface area (Å²) in [5.74, 6) is 0.645. The number of fused-ring (bicyclic) bond motifs is 1. The molecule has 1 aromatic rings. The highest BCUT2D eigenvalue weighted by Gasteiger charge is 2.35. The Morgan fingerprint density at radius 2 is 2.10 bits per heavy atom. The predicted molar refractivity (Wildman–Crippen MR) is 84.7 cm³/mol. The topological polar surface area (TPSA) is 30.5 Å². The molecule has 1 aromatic carbocycles. The standard InChI is InChI=1S/C18H27NO2/c1-13-5-4-6-15-16(11-14(2)17(13)15)19-12-18(20-3)7-9-21-10-8-18/h4-6,14,16,19H,7-12H2,1-3H3/t14-,16+/m1/s1. The molecular formula is C18H27NO2. The normalized spacial score (nSPS) is 27.6. The molecule has 0 bridgehead atoms. The van der Waals surface area contributed by atoms with E-state index in [1.54, 1.807) is 5.56 Å². The van der Waals surface area contributed by atoms with Crippen LogP contribution in [0.5, 0.6) is 0 Å². The van der Waals surface area contributed by atoms with Crippen molar-refractivity contribution in [2.75, 3.05) is 26.9 Å².